The van der Waals surface area contributed by atoms with E-state index in [1.165, 1.54) is 12.1 Å². The van der Waals surface area contributed by atoms with Crippen LogP contribution in [0.4, 0.5) is 13.2 Å². The molecule has 0 spiro atoms. The predicted molar refractivity (Wildman–Crippen MR) is 66.7 cm³/mol. The minimum absolute atomic E-state index is 0.0696. The van der Waals surface area contributed by atoms with Gasteiger partial charge in [-0.05, 0) is 43.4 Å². The predicted octanol–water partition coefficient (Wildman–Crippen LogP) is 3.14. The number of hydrogen-bond acceptors (Lipinski definition) is 2. The first-order valence-electron chi connectivity index (χ1n) is 6.48. The highest BCUT2D eigenvalue weighted by molar-refractivity contribution is 5.25. The standard InChI is InChI=1S/C14H18F3NO/c15-14(16,17)11-5-3-10(4-6-11)8-12(18)9-13-2-1-7-19-13/h3-6,12-13H,1-2,7-9,18H2. The normalized spacial score (nSPS) is 21.6. The van der Waals surface area contributed by atoms with Gasteiger partial charge in [0.2, 0.25) is 0 Å². The van der Waals surface area contributed by atoms with E-state index < -0.39 is 11.7 Å². The van der Waals surface area contributed by atoms with Crippen molar-refractivity contribution in [2.45, 2.75) is 44.0 Å². The summed E-state index contributed by atoms with van der Waals surface area (Å²) < 4.78 is 42.7. The lowest BCUT2D eigenvalue weighted by Crippen LogP contribution is -2.28. The lowest BCUT2D eigenvalue weighted by molar-refractivity contribution is -0.137. The zero-order valence-electron chi connectivity index (χ0n) is 10.6. The number of benzene rings is 1. The van der Waals surface area contributed by atoms with Crippen LogP contribution in [0.2, 0.25) is 0 Å². The average Bonchev–Trinajstić information content (AvgIpc) is 2.81. The second-order valence-electron chi connectivity index (χ2n) is 5.03. The highest BCUT2D eigenvalue weighted by Crippen LogP contribution is 2.29. The maximum Gasteiger partial charge on any atom is 0.416 e. The van der Waals surface area contributed by atoms with E-state index in [0.29, 0.717) is 6.42 Å². The number of rotatable bonds is 4. The fourth-order valence-electron chi connectivity index (χ4n) is 2.38. The third-order valence-corrected chi connectivity index (χ3v) is 3.37. The van der Waals surface area contributed by atoms with Crippen molar-refractivity contribution in [3.8, 4) is 0 Å². The summed E-state index contributed by atoms with van der Waals surface area (Å²) in [6.07, 6.45) is -0.625. The second kappa shape index (κ2) is 5.92. The minimum atomic E-state index is -4.28. The van der Waals surface area contributed by atoms with Gasteiger partial charge in [-0.15, -0.1) is 0 Å². The van der Waals surface area contributed by atoms with Crippen LogP contribution in [0.25, 0.3) is 0 Å². The summed E-state index contributed by atoms with van der Waals surface area (Å²) in [6.45, 7) is 0.789. The Labute approximate surface area is 110 Å². The smallest absolute Gasteiger partial charge is 0.378 e. The maximum absolute atomic E-state index is 12.4. The monoisotopic (exact) mass is 273 g/mol. The van der Waals surface area contributed by atoms with Gasteiger partial charge in [0, 0.05) is 12.6 Å². The van der Waals surface area contributed by atoms with Crippen molar-refractivity contribution in [3.63, 3.8) is 0 Å². The number of hydrogen-bond donors (Lipinski definition) is 1. The molecule has 5 heteroatoms. The molecule has 1 aliphatic rings. The maximum atomic E-state index is 12.4. The average molecular weight is 273 g/mol. The van der Waals surface area contributed by atoms with Gasteiger partial charge in [-0.3, -0.25) is 0 Å². The summed E-state index contributed by atoms with van der Waals surface area (Å²) in [7, 11) is 0. The van der Waals surface area contributed by atoms with E-state index in [9.17, 15) is 13.2 Å². The van der Waals surface area contributed by atoms with Crippen molar-refractivity contribution in [2.24, 2.45) is 5.73 Å². The van der Waals surface area contributed by atoms with Gasteiger partial charge in [-0.1, -0.05) is 12.1 Å². The SMILES string of the molecule is NC(Cc1ccc(C(F)(F)F)cc1)CC1CCCO1. The zero-order valence-corrected chi connectivity index (χ0v) is 10.6. The number of nitrogens with two attached hydrogens (primary N) is 1. The van der Waals surface area contributed by atoms with E-state index in [1.54, 1.807) is 0 Å². The summed E-state index contributed by atoms with van der Waals surface area (Å²) in [5, 5.41) is 0. The molecule has 106 valence electrons. The molecule has 0 amide bonds. The highest BCUT2D eigenvalue weighted by atomic mass is 19.4. The fourth-order valence-corrected chi connectivity index (χ4v) is 2.38. The molecule has 1 aliphatic heterocycles. The van der Waals surface area contributed by atoms with Gasteiger partial charge in [0.15, 0.2) is 0 Å². The van der Waals surface area contributed by atoms with Gasteiger partial charge in [-0.2, -0.15) is 13.2 Å². The fraction of sp³-hybridized carbons (Fsp3) is 0.571. The molecule has 1 fully saturated rings. The van der Waals surface area contributed by atoms with E-state index in [4.69, 9.17) is 10.5 Å². The van der Waals surface area contributed by atoms with Crippen LogP contribution in [0.15, 0.2) is 24.3 Å². The third kappa shape index (κ3) is 4.21. The topological polar surface area (TPSA) is 35.2 Å². The molecule has 19 heavy (non-hydrogen) atoms. The molecule has 2 atom stereocenters. The van der Waals surface area contributed by atoms with Crippen LogP contribution in [0, 0.1) is 0 Å². The lowest BCUT2D eigenvalue weighted by Gasteiger charge is -2.16. The van der Waals surface area contributed by atoms with Crippen LogP contribution in [0.5, 0.6) is 0 Å². The number of ether oxygens (including phenoxy) is 1. The first kappa shape index (κ1) is 14.3. The largest absolute Gasteiger partial charge is 0.416 e. The molecule has 2 nitrogen and oxygen atoms in total. The van der Waals surface area contributed by atoms with E-state index in [1.807, 2.05) is 0 Å². The molecule has 2 unspecified atom stereocenters. The Kier molecular flexibility index (Phi) is 4.47. The summed E-state index contributed by atoms with van der Waals surface area (Å²) >= 11 is 0. The second-order valence-corrected chi connectivity index (χ2v) is 5.03. The molecule has 0 aromatic heterocycles. The highest BCUT2D eigenvalue weighted by Gasteiger charge is 2.30. The molecule has 1 aromatic rings. The molecule has 2 rings (SSSR count). The van der Waals surface area contributed by atoms with Crippen molar-refractivity contribution in [1.82, 2.24) is 0 Å². The summed E-state index contributed by atoms with van der Waals surface area (Å²) in [6, 6.07) is 5.14. The quantitative estimate of drug-likeness (QED) is 0.914. The van der Waals surface area contributed by atoms with Crippen LogP contribution in [0.3, 0.4) is 0 Å². The van der Waals surface area contributed by atoms with Crippen molar-refractivity contribution >= 4 is 0 Å². The molecular weight excluding hydrogens is 255 g/mol. The molecule has 1 saturated heterocycles. The molecular formula is C14H18F3NO. The first-order valence-corrected chi connectivity index (χ1v) is 6.48. The Bertz CT molecular complexity index is 396. The van der Waals surface area contributed by atoms with E-state index in [0.717, 1.165) is 43.6 Å². The first-order chi connectivity index (χ1) is 8.95. The van der Waals surface area contributed by atoms with E-state index >= 15 is 0 Å². The Morgan fingerprint density at radius 2 is 1.95 bits per heavy atom. The van der Waals surface area contributed by atoms with Gasteiger partial charge in [0.25, 0.3) is 0 Å². The van der Waals surface area contributed by atoms with Crippen LogP contribution >= 0.6 is 0 Å². The number of alkyl halides is 3. The van der Waals surface area contributed by atoms with E-state index in [-0.39, 0.29) is 12.1 Å². The van der Waals surface area contributed by atoms with Crippen LogP contribution < -0.4 is 5.73 Å². The Hall–Kier alpha value is -1.07. The van der Waals surface area contributed by atoms with Crippen LogP contribution in [-0.2, 0) is 17.3 Å². The summed E-state index contributed by atoms with van der Waals surface area (Å²) in [4.78, 5) is 0. The minimum Gasteiger partial charge on any atom is -0.378 e. The Balaban J connectivity index is 1.88. The van der Waals surface area contributed by atoms with Crippen molar-refractivity contribution in [2.75, 3.05) is 6.61 Å². The molecule has 2 N–H and O–H groups in total. The van der Waals surface area contributed by atoms with Crippen LogP contribution in [-0.4, -0.2) is 18.8 Å². The van der Waals surface area contributed by atoms with Gasteiger partial charge >= 0.3 is 6.18 Å². The molecule has 1 aromatic carbocycles. The lowest BCUT2D eigenvalue weighted by atomic mass is 9.99. The van der Waals surface area contributed by atoms with Crippen LogP contribution in [0.1, 0.15) is 30.4 Å². The van der Waals surface area contributed by atoms with Gasteiger partial charge in [0.05, 0.1) is 11.7 Å². The third-order valence-electron chi connectivity index (χ3n) is 3.37. The van der Waals surface area contributed by atoms with Crippen molar-refractivity contribution in [1.29, 1.82) is 0 Å². The van der Waals surface area contributed by atoms with Crippen molar-refractivity contribution in [3.05, 3.63) is 35.4 Å². The molecule has 0 aliphatic carbocycles. The van der Waals surface area contributed by atoms with Gasteiger partial charge < -0.3 is 10.5 Å². The summed E-state index contributed by atoms with van der Waals surface area (Å²) in [5.74, 6) is 0. The zero-order chi connectivity index (χ0) is 13.9. The van der Waals surface area contributed by atoms with Gasteiger partial charge in [0.1, 0.15) is 0 Å². The molecule has 0 bridgehead atoms. The van der Waals surface area contributed by atoms with E-state index in [2.05, 4.69) is 0 Å². The molecule has 0 radical (unpaired) electrons. The molecule has 0 saturated carbocycles. The molecule has 1 heterocycles. The summed E-state index contributed by atoms with van der Waals surface area (Å²) in [5.41, 5.74) is 6.22. The Morgan fingerprint density at radius 1 is 1.26 bits per heavy atom. The van der Waals surface area contributed by atoms with Gasteiger partial charge in [-0.25, -0.2) is 0 Å². The number of halogens is 3. The Morgan fingerprint density at radius 3 is 2.47 bits per heavy atom. The van der Waals surface area contributed by atoms with Crippen molar-refractivity contribution < 1.29 is 17.9 Å².